The third-order valence-electron chi connectivity index (χ3n) is 5.05. The molecular weight excluding hydrogens is 327 g/mol. The van der Waals surface area contributed by atoms with E-state index < -0.39 is 30.3 Å². The van der Waals surface area contributed by atoms with Gasteiger partial charge in [-0.05, 0) is 49.1 Å². The summed E-state index contributed by atoms with van der Waals surface area (Å²) in [6.45, 7) is -0.523. The van der Waals surface area contributed by atoms with Gasteiger partial charge < -0.3 is 10.1 Å². The lowest BCUT2D eigenvalue weighted by Crippen LogP contribution is -2.37. The van der Waals surface area contributed by atoms with Gasteiger partial charge in [0.2, 0.25) is 0 Å². The number of nitrogens with one attached hydrogen (secondary N) is 2. The van der Waals surface area contributed by atoms with E-state index in [2.05, 4.69) is 5.32 Å². The number of para-hydroxylation sites is 1. The van der Waals surface area contributed by atoms with E-state index in [9.17, 15) is 18.8 Å². The van der Waals surface area contributed by atoms with Crippen molar-refractivity contribution in [1.82, 2.24) is 5.32 Å². The molecule has 2 saturated carbocycles. The van der Waals surface area contributed by atoms with E-state index in [0.717, 1.165) is 12.3 Å². The van der Waals surface area contributed by atoms with Crippen LogP contribution in [0.4, 0.5) is 14.9 Å². The van der Waals surface area contributed by atoms with Gasteiger partial charge in [0.1, 0.15) is 5.82 Å². The van der Waals surface area contributed by atoms with Gasteiger partial charge in [-0.25, -0.2) is 9.18 Å². The summed E-state index contributed by atoms with van der Waals surface area (Å²) >= 11 is 0. The Morgan fingerprint density at radius 2 is 1.96 bits per heavy atom. The second kappa shape index (κ2) is 7.63. The minimum Gasteiger partial charge on any atom is -0.456 e. The van der Waals surface area contributed by atoms with Crippen LogP contribution in [-0.4, -0.2) is 24.5 Å². The van der Waals surface area contributed by atoms with Gasteiger partial charge in [0.15, 0.2) is 6.61 Å². The first-order chi connectivity index (χ1) is 12.0. The van der Waals surface area contributed by atoms with Crippen LogP contribution in [0, 0.1) is 23.6 Å². The molecule has 1 aromatic carbocycles. The Bertz CT molecular complexity index is 679. The summed E-state index contributed by atoms with van der Waals surface area (Å²) < 4.78 is 18.3. The number of hydrogen-bond donors (Lipinski definition) is 2. The lowest BCUT2D eigenvalue weighted by Gasteiger charge is -2.20. The number of imide groups is 1. The molecular formula is C18H21FN2O4. The predicted molar refractivity (Wildman–Crippen MR) is 88.1 cm³/mol. The molecule has 2 N–H and O–H groups in total. The fourth-order valence-corrected chi connectivity index (χ4v) is 3.92. The second-order valence-corrected chi connectivity index (χ2v) is 6.78. The second-order valence-electron chi connectivity index (χ2n) is 6.78. The standard InChI is InChI=1S/C18H21FN2O4/c19-14-3-1-2-4-15(14)20-18(24)21-16(22)10-25-17(23)9-13-8-11-5-6-12(13)7-11/h1-4,11-13H,5-10H2,(H2,20,21,22,24)/t11-,12-,13+/m0/s1. The van der Waals surface area contributed by atoms with Crippen LogP contribution in [0.2, 0.25) is 0 Å². The number of halogens is 1. The zero-order valence-corrected chi connectivity index (χ0v) is 13.8. The summed E-state index contributed by atoms with van der Waals surface area (Å²) in [5, 5.41) is 4.22. The van der Waals surface area contributed by atoms with Crippen molar-refractivity contribution >= 4 is 23.6 Å². The number of rotatable bonds is 5. The van der Waals surface area contributed by atoms with E-state index in [1.807, 2.05) is 5.32 Å². The van der Waals surface area contributed by atoms with Crippen molar-refractivity contribution in [3.63, 3.8) is 0 Å². The van der Waals surface area contributed by atoms with Crippen LogP contribution in [0.3, 0.4) is 0 Å². The number of carbonyl (C=O) groups is 3. The van der Waals surface area contributed by atoms with Gasteiger partial charge in [-0.3, -0.25) is 14.9 Å². The average Bonchev–Trinajstić information content (AvgIpc) is 3.18. The molecule has 3 atom stereocenters. The Kier molecular flexibility index (Phi) is 5.31. The molecule has 2 aliphatic carbocycles. The Morgan fingerprint density at radius 1 is 1.16 bits per heavy atom. The lowest BCUT2D eigenvalue weighted by atomic mass is 9.86. The van der Waals surface area contributed by atoms with Crippen LogP contribution in [0.5, 0.6) is 0 Å². The third-order valence-corrected chi connectivity index (χ3v) is 5.05. The maximum Gasteiger partial charge on any atom is 0.326 e. The third kappa shape index (κ3) is 4.55. The SMILES string of the molecule is O=C(COC(=O)C[C@H]1C[C@H]2CC[C@H]1C2)NC(=O)Nc1ccccc1F. The van der Waals surface area contributed by atoms with E-state index in [-0.39, 0.29) is 5.69 Å². The highest BCUT2D eigenvalue weighted by atomic mass is 19.1. The van der Waals surface area contributed by atoms with Gasteiger partial charge in [-0.2, -0.15) is 0 Å². The van der Waals surface area contributed by atoms with E-state index in [0.29, 0.717) is 18.3 Å². The topological polar surface area (TPSA) is 84.5 Å². The summed E-state index contributed by atoms with van der Waals surface area (Å²) in [5.41, 5.74) is -0.0407. The molecule has 0 heterocycles. The number of anilines is 1. The molecule has 0 unspecified atom stereocenters. The summed E-state index contributed by atoms with van der Waals surface area (Å²) in [4.78, 5) is 35.1. The molecule has 6 nitrogen and oxygen atoms in total. The number of fused-ring (bicyclic) bond motifs is 2. The van der Waals surface area contributed by atoms with Gasteiger partial charge >= 0.3 is 12.0 Å². The van der Waals surface area contributed by atoms with Crippen molar-refractivity contribution in [3.05, 3.63) is 30.1 Å². The Labute approximate surface area is 145 Å². The van der Waals surface area contributed by atoms with Crippen molar-refractivity contribution in [2.45, 2.75) is 32.1 Å². The van der Waals surface area contributed by atoms with Crippen LogP contribution >= 0.6 is 0 Å². The Hall–Kier alpha value is -2.44. The minimum absolute atomic E-state index is 0.0407. The van der Waals surface area contributed by atoms with E-state index >= 15 is 0 Å². The summed E-state index contributed by atoms with van der Waals surface area (Å²) in [5.74, 6) is -0.0653. The number of amides is 3. The lowest BCUT2D eigenvalue weighted by molar-refractivity contribution is -0.149. The van der Waals surface area contributed by atoms with Crippen LogP contribution < -0.4 is 10.6 Å². The van der Waals surface area contributed by atoms with Crippen LogP contribution in [0.1, 0.15) is 32.1 Å². The van der Waals surface area contributed by atoms with E-state index in [1.54, 1.807) is 6.07 Å². The molecule has 0 spiro atoms. The van der Waals surface area contributed by atoms with E-state index in [1.165, 1.54) is 37.5 Å². The molecule has 0 radical (unpaired) electrons. The minimum atomic E-state index is -0.876. The summed E-state index contributed by atoms with van der Waals surface area (Å²) in [6, 6.07) is 4.72. The highest BCUT2D eigenvalue weighted by molar-refractivity contribution is 6.01. The number of urea groups is 1. The smallest absolute Gasteiger partial charge is 0.326 e. The number of benzene rings is 1. The fourth-order valence-electron chi connectivity index (χ4n) is 3.92. The van der Waals surface area contributed by atoms with Gasteiger partial charge in [0, 0.05) is 6.42 Å². The molecule has 0 aliphatic heterocycles. The summed E-state index contributed by atoms with van der Waals surface area (Å²) in [7, 11) is 0. The van der Waals surface area contributed by atoms with Gasteiger partial charge in [-0.15, -0.1) is 0 Å². The summed E-state index contributed by atoms with van der Waals surface area (Å²) in [6.07, 6.45) is 5.04. The first-order valence-electron chi connectivity index (χ1n) is 8.52. The molecule has 7 heteroatoms. The predicted octanol–water partition coefficient (Wildman–Crippen LogP) is 2.84. The monoisotopic (exact) mass is 348 g/mol. The zero-order chi connectivity index (χ0) is 17.8. The Balaban J connectivity index is 1.37. The number of esters is 1. The first-order valence-corrected chi connectivity index (χ1v) is 8.52. The molecule has 25 heavy (non-hydrogen) atoms. The quantitative estimate of drug-likeness (QED) is 0.802. The van der Waals surface area contributed by atoms with Crippen LogP contribution in [0.15, 0.2) is 24.3 Å². The number of ether oxygens (including phenoxy) is 1. The van der Waals surface area contributed by atoms with Crippen molar-refractivity contribution in [2.75, 3.05) is 11.9 Å². The van der Waals surface area contributed by atoms with Crippen LogP contribution in [0.25, 0.3) is 0 Å². The average molecular weight is 348 g/mol. The first kappa shape index (κ1) is 17.4. The largest absolute Gasteiger partial charge is 0.456 e. The maximum absolute atomic E-state index is 13.4. The normalized spacial score (nSPS) is 24.0. The van der Waals surface area contributed by atoms with Crippen LogP contribution in [-0.2, 0) is 14.3 Å². The highest BCUT2D eigenvalue weighted by Gasteiger charge is 2.40. The molecule has 0 aromatic heterocycles. The Morgan fingerprint density at radius 3 is 2.64 bits per heavy atom. The molecule has 2 aliphatic rings. The molecule has 2 bridgehead atoms. The van der Waals surface area contributed by atoms with Crippen molar-refractivity contribution in [3.8, 4) is 0 Å². The van der Waals surface area contributed by atoms with E-state index in [4.69, 9.17) is 4.74 Å². The molecule has 134 valence electrons. The maximum atomic E-state index is 13.4. The van der Waals surface area contributed by atoms with Gasteiger partial charge in [-0.1, -0.05) is 18.6 Å². The molecule has 2 fully saturated rings. The van der Waals surface area contributed by atoms with Crippen molar-refractivity contribution < 1.29 is 23.5 Å². The van der Waals surface area contributed by atoms with Crippen molar-refractivity contribution in [2.24, 2.45) is 17.8 Å². The van der Waals surface area contributed by atoms with Gasteiger partial charge in [0.25, 0.3) is 5.91 Å². The number of hydrogen-bond acceptors (Lipinski definition) is 4. The fraction of sp³-hybridized carbons (Fsp3) is 0.500. The van der Waals surface area contributed by atoms with Gasteiger partial charge in [0.05, 0.1) is 5.69 Å². The number of carbonyl (C=O) groups excluding carboxylic acids is 3. The highest BCUT2D eigenvalue weighted by Crippen LogP contribution is 2.49. The molecule has 1 aromatic rings. The molecule has 3 amide bonds. The van der Waals surface area contributed by atoms with Crippen molar-refractivity contribution in [1.29, 1.82) is 0 Å². The molecule has 0 saturated heterocycles. The zero-order valence-electron chi connectivity index (χ0n) is 13.8. The molecule has 3 rings (SSSR count).